The van der Waals surface area contributed by atoms with Crippen molar-refractivity contribution in [3.05, 3.63) is 35.4 Å². The standard InChI is InChI=1S/C12H14O2/c1-8(2)9-3-5-10(6-4-9)12(13)11-7-14-11/h3-6,8,11H,7H2,1-2H3. The molecular formula is C12H14O2. The van der Waals surface area contributed by atoms with E-state index < -0.39 is 0 Å². The Morgan fingerprint density at radius 3 is 2.36 bits per heavy atom. The first kappa shape index (κ1) is 9.41. The fourth-order valence-corrected chi connectivity index (χ4v) is 1.42. The van der Waals surface area contributed by atoms with Crippen molar-refractivity contribution < 1.29 is 9.53 Å². The molecule has 2 heteroatoms. The highest BCUT2D eigenvalue weighted by atomic mass is 16.6. The van der Waals surface area contributed by atoms with Crippen molar-refractivity contribution in [1.82, 2.24) is 0 Å². The van der Waals surface area contributed by atoms with Gasteiger partial charge in [-0.05, 0) is 11.5 Å². The molecule has 0 saturated carbocycles. The summed E-state index contributed by atoms with van der Waals surface area (Å²) in [5, 5.41) is 0. The minimum atomic E-state index is -0.167. The molecule has 0 aliphatic carbocycles. The average Bonchev–Trinajstić information content (AvgIpc) is 3.00. The van der Waals surface area contributed by atoms with Crippen LogP contribution in [0.2, 0.25) is 0 Å². The van der Waals surface area contributed by atoms with Gasteiger partial charge in [0.15, 0.2) is 5.78 Å². The highest BCUT2D eigenvalue weighted by Crippen LogP contribution is 2.19. The van der Waals surface area contributed by atoms with Crippen LogP contribution >= 0.6 is 0 Å². The lowest BCUT2D eigenvalue weighted by molar-refractivity contribution is 0.0953. The summed E-state index contributed by atoms with van der Waals surface area (Å²) < 4.78 is 4.95. The first-order valence-corrected chi connectivity index (χ1v) is 4.94. The summed E-state index contributed by atoms with van der Waals surface area (Å²) in [5.41, 5.74) is 2.02. The molecule has 0 N–H and O–H groups in total. The Morgan fingerprint density at radius 1 is 1.36 bits per heavy atom. The highest BCUT2D eigenvalue weighted by molar-refractivity contribution is 6.00. The molecule has 1 unspecified atom stereocenters. The number of Topliss-reactive ketones (excluding diaryl/α,β-unsaturated/α-hetero) is 1. The third-order valence-electron chi connectivity index (χ3n) is 2.49. The zero-order valence-electron chi connectivity index (χ0n) is 8.49. The fourth-order valence-electron chi connectivity index (χ4n) is 1.42. The Balaban J connectivity index is 2.16. The van der Waals surface area contributed by atoms with Crippen LogP contribution in [-0.2, 0) is 4.74 Å². The van der Waals surface area contributed by atoms with E-state index >= 15 is 0 Å². The predicted molar refractivity (Wildman–Crippen MR) is 54.6 cm³/mol. The molecule has 14 heavy (non-hydrogen) atoms. The molecule has 0 bridgehead atoms. The lowest BCUT2D eigenvalue weighted by Gasteiger charge is -2.05. The fraction of sp³-hybridized carbons (Fsp3) is 0.417. The van der Waals surface area contributed by atoms with Crippen LogP contribution in [0.4, 0.5) is 0 Å². The van der Waals surface area contributed by atoms with Gasteiger partial charge in [-0.15, -0.1) is 0 Å². The van der Waals surface area contributed by atoms with Crippen molar-refractivity contribution in [3.63, 3.8) is 0 Å². The Hall–Kier alpha value is -1.15. The van der Waals surface area contributed by atoms with E-state index in [1.54, 1.807) is 0 Å². The summed E-state index contributed by atoms with van der Waals surface area (Å²) in [4.78, 5) is 11.6. The molecule has 1 aliphatic heterocycles. The van der Waals surface area contributed by atoms with Crippen molar-refractivity contribution in [2.75, 3.05) is 6.61 Å². The second-order valence-corrected chi connectivity index (χ2v) is 3.96. The average molecular weight is 190 g/mol. The van der Waals surface area contributed by atoms with Crippen LogP contribution in [0.3, 0.4) is 0 Å². The summed E-state index contributed by atoms with van der Waals surface area (Å²) in [6.45, 7) is 4.87. The largest absolute Gasteiger partial charge is 0.364 e. The molecule has 1 saturated heterocycles. The van der Waals surface area contributed by atoms with Crippen LogP contribution in [0.15, 0.2) is 24.3 Å². The maximum absolute atomic E-state index is 11.6. The summed E-state index contributed by atoms with van der Waals surface area (Å²) in [6, 6.07) is 7.80. The van der Waals surface area contributed by atoms with Crippen molar-refractivity contribution in [2.24, 2.45) is 0 Å². The lowest BCUT2D eigenvalue weighted by atomic mass is 10.00. The Kier molecular flexibility index (Phi) is 2.38. The second-order valence-electron chi connectivity index (χ2n) is 3.96. The zero-order valence-corrected chi connectivity index (χ0v) is 8.49. The maximum atomic E-state index is 11.6. The second kappa shape index (κ2) is 3.54. The van der Waals surface area contributed by atoms with Gasteiger partial charge in [-0.25, -0.2) is 0 Å². The van der Waals surface area contributed by atoms with Gasteiger partial charge in [0.1, 0.15) is 6.10 Å². The number of ketones is 1. The molecule has 1 atom stereocenters. The van der Waals surface area contributed by atoms with Crippen molar-refractivity contribution in [2.45, 2.75) is 25.9 Å². The van der Waals surface area contributed by atoms with E-state index in [1.165, 1.54) is 5.56 Å². The summed E-state index contributed by atoms with van der Waals surface area (Å²) in [6.07, 6.45) is -0.167. The molecule has 2 rings (SSSR count). The smallest absolute Gasteiger partial charge is 0.193 e. The third-order valence-corrected chi connectivity index (χ3v) is 2.49. The van der Waals surface area contributed by atoms with Gasteiger partial charge in [-0.3, -0.25) is 4.79 Å². The number of epoxide rings is 1. The van der Waals surface area contributed by atoms with E-state index in [2.05, 4.69) is 13.8 Å². The number of hydrogen-bond donors (Lipinski definition) is 0. The minimum Gasteiger partial charge on any atom is -0.364 e. The van der Waals surface area contributed by atoms with Crippen LogP contribution in [0, 0.1) is 0 Å². The molecule has 1 aromatic carbocycles. The first-order chi connectivity index (χ1) is 6.68. The predicted octanol–water partition coefficient (Wildman–Crippen LogP) is 2.39. The minimum absolute atomic E-state index is 0.111. The van der Waals surface area contributed by atoms with Gasteiger partial charge < -0.3 is 4.74 Å². The summed E-state index contributed by atoms with van der Waals surface area (Å²) in [5.74, 6) is 0.622. The molecule has 0 amide bonds. The Labute approximate surface area is 83.9 Å². The molecular weight excluding hydrogens is 176 g/mol. The number of ether oxygens (including phenoxy) is 1. The molecule has 2 nitrogen and oxygen atoms in total. The molecule has 1 aromatic rings. The van der Waals surface area contributed by atoms with Gasteiger partial charge >= 0.3 is 0 Å². The molecule has 0 aromatic heterocycles. The molecule has 1 heterocycles. The number of carbonyl (C=O) groups excluding carboxylic acids is 1. The van der Waals surface area contributed by atoms with Crippen LogP contribution in [0.1, 0.15) is 35.7 Å². The van der Waals surface area contributed by atoms with E-state index in [-0.39, 0.29) is 11.9 Å². The first-order valence-electron chi connectivity index (χ1n) is 4.94. The Morgan fingerprint density at radius 2 is 1.93 bits per heavy atom. The van der Waals surface area contributed by atoms with Crippen molar-refractivity contribution >= 4 is 5.78 Å². The normalized spacial score (nSPS) is 19.8. The van der Waals surface area contributed by atoms with E-state index in [4.69, 9.17) is 4.74 Å². The lowest BCUT2D eigenvalue weighted by Crippen LogP contribution is -2.06. The molecule has 74 valence electrons. The summed E-state index contributed by atoms with van der Waals surface area (Å²) >= 11 is 0. The van der Waals surface area contributed by atoms with E-state index in [1.807, 2.05) is 24.3 Å². The van der Waals surface area contributed by atoms with Gasteiger partial charge in [0.2, 0.25) is 0 Å². The third kappa shape index (κ3) is 1.85. The topological polar surface area (TPSA) is 29.6 Å². The molecule has 0 spiro atoms. The van der Waals surface area contributed by atoms with Crippen LogP contribution in [0.25, 0.3) is 0 Å². The van der Waals surface area contributed by atoms with Crippen molar-refractivity contribution in [1.29, 1.82) is 0 Å². The number of carbonyl (C=O) groups is 1. The highest BCUT2D eigenvalue weighted by Gasteiger charge is 2.31. The molecule has 1 fully saturated rings. The van der Waals surface area contributed by atoms with Gasteiger partial charge in [0.25, 0.3) is 0 Å². The van der Waals surface area contributed by atoms with Gasteiger partial charge in [0, 0.05) is 5.56 Å². The molecule has 0 radical (unpaired) electrons. The zero-order chi connectivity index (χ0) is 10.1. The molecule has 1 aliphatic rings. The van der Waals surface area contributed by atoms with E-state index in [0.717, 1.165) is 5.56 Å². The van der Waals surface area contributed by atoms with Crippen molar-refractivity contribution in [3.8, 4) is 0 Å². The Bertz CT molecular complexity index is 334. The number of rotatable bonds is 3. The quantitative estimate of drug-likeness (QED) is 0.541. The number of benzene rings is 1. The van der Waals surface area contributed by atoms with Gasteiger partial charge in [-0.1, -0.05) is 38.1 Å². The monoisotopic (exact) mass is 190 g/mol. The summed E-state index contributed by atoms with van der Waals surface area (Å²) in [7, 11) is 0. The number of hydrogen-bond acceptors (Lipinski definition) is 2. The van der Waals surface area contributed by atoms with E-state index in [0.29, 0.717) is 12.5 Å². The van der Waals surface area contributed by atoms with Gasteiger partial charge in [0.05, 0.1) is 6.61 Å². The van der Waals surface area contributed by atoms with Crippen LogP contribution in [-0.4, -0.2) is 18.5 Å². The van der Waals surface area contributed by atoms with Gasteiger partial charge in [-0.2, -0.15) is 0 Å². The van der Waals surface area contributed by atoms with E-state index in [9.17, 15) is 4.79 Å². The van der Waals surface area contributed by atoms with Crippen LogP contribution in [0.5, 0.6) is 0 Å². The van der Waals surface area contributed by atoms with Crippen LogP contribution < -0.4 is 0 Å². The maximum Gasteiger partial charge on any atom is 0.193 e. The SMILES string of the molecule is CC(C)c1ccc(C(=O)C2CO2)cc1.